The van der Waals surface area contributed by atoms with E-state index in [0.29, 0.717) is 11.8 Å². The van der Waals surface area contributed by atoms with E-state index in [1.807, 2.05) is 6.08 Å². The van der Waals surface area contributed by atoms with Gasteiger partial charge in [-0.1, -0.05) is 48.0 Å². The Morgan fingerprint density at radius 2 is 2.16 bits per heavy atom. The van der Waals surface area contributed by atoms with Crippen LogP contribution in [-0.4, -0.2) is 42.6 Å². The molecule has 2 aliphatic rings. The Kier molecular flexibility index (Phi) is 9.11. The van der Waals surface area contributed by atoms with Crippen LogP contribution in [0.15, 0.2) is 59.5 Å². The molecule has 6 heteroatoms. The fraction of sp³-hybridized carbons (Fsp3) is 0.462. The summed E-state index contributed by atoms with van der Waals surface area (Å²) in [5, 5.41) is 12.8. The first-order chi connectivity index (χ1) is 15.6. The first-order valence-electron chi connectivity index (χ1n) is 11.5. The molecular weight excluding hydrogens is 404 g/mol. The van der Waals surface area contributed by atoms with Crippen molar-refractivity contribution >= 4 is 22.9 Å². The number of nitrogens with zero attached hydrogens (tertiary/aromatic N) is 2. The molecule has 0 saturated heterocycles. The van der Waals surface area contributed by atoms with Crippen LogP contribution < -0.4 is 4.90 Å². The minimum atomic E-state index is -0.863. The van der Waals surface area contributed by atoms with Gasteiger partial charge in [0.05, 0.1) is 24.8 Å². The maximum absolute atomic E-state index is 10.5. The highest BCUT2D eigenvalue weighted by molar-refractivity contribution is 5.88. The second kappa shape index (κ2) is 12.2. The van der Waals surface area contributed by atoms with Gasteiger partial charge in [-0.2, -0.15) is 0 Å². The van der Waals surface area contributed by atoms with Gasteiger partial charge < -0.3 is 19.6 Å². The van der Waals surface area contributed by atoms with Gasteiger partial charge in [0.1, 0.15) is 6.61 Å². The average Bonchev–Trinajstić information content (AvgIpc) is 3.06. The van der Waals surface area contributed by atoms with E-state index in [-0.39, 0.29) is 19.6 Å². The molecular formula is C26H34N2O4. The monoisotopic (exact) mass is 438 g/mol. The average molecular weight is 439 g/mol. The van der Waals surface area contributed by atoms with Crippen molar-refractivity contribution in [2.75, 3.05) is 24.7 Å². The van der Waals surface area contributed by atoms with E-state index in [9.17, 15) is 4.79 Å². The van der Waals surface area contributed by atoms with Crippen molar-refractivity contribution in [3.05, 3.63) is 59.9 Å². The van der Waals surface area contributed by atoms with E-state index in [1.54, 1.807) is 0 Å². The number of carboxylic acid groups (broad SMARTS) is 1. The molecule has 0 bridgehead atoms. The van der Waals surface area contributed by atoms with E-state index in [0.717, 1.165) is 44.4 Å². The first kappa shape index (κ1) is 23.8. The Balaban J connectivity index is 1.37. The fourth-order valence-corrected chi connectivity index (χ4v) is 4.10. The topological polar surface area (TPSA) is 71.4 Å². The molecule has 0 aliphatic carbocycles. The molecule has 3 rings (SSSR count). The molecule has 1 unspecified atom stereocenters. The lowest BCUT2D eigenvalue weighted by atomic mass is 10.0. The van der Waals surface area contributed by atoms with Crippen LogP contribution in [-0.2, 0) is 14.4 Å². The maximum Gasteiger partial charge on any atom is 0.305 e. The lowest BCUT2D eigenvalue weighted by Gasteiger charge is -2.25. The number of oxime groups is 1. The largest absolute Gasteiger partial charge is 0.481 e. The molecule has 0 amide bonds. The molecule has 6 nitrogen and oxygen atoms in total. The number of benzene rings is 1. The van der Waals surface area contributed by atoms with Crippen LogP contribution in [0.3, 0.4) is 0 Å². The summed E-state index contributed by atoms with van der Waals surface area (Å²) in [6.07, 6.45) is 13.5. The maximum atomic E-state index is 10.5. The highest BCUT2D eigenvalue weighted by atomic mass is 16.6. The van der Waals surface area contributed by atoms with Crippen LogP contribution >= 0.6 is 0 Å². The lowest BCUT2D eigenvalue weighted by Crippen LogP contribution is -2.29. The molecule has 0 saturated carbocycles. The van der Waals surface area contributed by atoms with Gasteiger partial charge in [-0.15, -0.1) is 0 Å². The zero-order valence-corrected chi connectivity index (χ0v) is 19.1. The molecule has 1 aromatic rings. The molecule has 0 aromatic heterocycles. The van der Waals surface area contributed by atoms with Gasteiger partial charge in [0.2, 0.25) is 0 Å². The Morgan fingerprint density at radius 3 is 2.91 bits per heavy atom. The van der Waals surface area contributed by atoms with E-state index >= 15 is 0 Å². The Labute approximate surface area is 190 Å². The Bertz CT molecular complexity index is 901. The molecule has 1 atom stereocenters. The van der Waals surface area contributed by atoms with Crippen molar-refractivity contribution in [3.63, 3.8) is 0 Å². The van der Waals surface area contributed by atoms with Gasteiger partial charge in [-0.05, 0) is 50.8 Å². The molecule has 1 aromatic carbocycles. The molecule has 0 spiro atoms. The second-order valence-electron chi connectivity index (χ2n) is 8.16. The first-order valence-corrected chi connectivity index (χ1v) is 11.5. The van der Waals surface area contributed by atoms with Gasteiger partial charge in [0.25, 0.3) is 0 Å². The molecule has 1 N–H and O–H groups in total. The van der Waals surface area contributed by atoms with E-state index in [1.165, 1.54) is 16.8 Å². The molecule has 0 radical (unpaired) electrons. The van der Waals surface area contributed by atoms with Crippen LogP contribution in [0, 0.1) is 0 Å². The summed E-state index contributed by atoms with van der Waals surface area (Å²) in [5.74, 6) is -0.208. The Morgan fingerprint density at radius 1 is 1.31 bits per heavy atom. The molecule has 32 heavy (non-hydrogen) atoms. The number of ether oxygens (including phenoxy) is 1. The lowest BCUT2D eigenvalue weighted by molar-refractivity contribution is -0.138. The van der Waals surface area contributed by atoms with Crippen LogP contribution in [0.5, 0.6) is 0 Å². The van der Waals surface area contributed by atoms with Gasteiger partial charge in [-0.25, -0.2) is 0 Å². The minimum absolute atomic E-state index is 0.00300. The summed E-state index contributed by atoms with van der Waals surface area (Å²) in [6, 6.07) is 9.08. The smallest absolute Gasteiger partial charge is 0.305 e. The van der Waals surface area contributed by atoms with E-state index < -0.39 is 5.97 Å². The van der Waals surface area contributed by atoms with Gasteiger partial charge in [-0.3, -0.25) is 4.79 Å². The fourth-order valence-electron chi connectivity index (χ4n) is 4.10. The third kappa shape index (κ3) is 6.57. The second-order valence-corrected chi connectivity index (χ2v) is 8.16. The van der Waals surface area contributed by atoms with Gasteiger partial charge in [0, 0.05) is 24.2 Å². The van der Waals surface area contributed by atoms with Crippen LogP contribution in [0.1, 0.15) is 57.9 Å². The summed E-state index contributed by atoms with van der Waals surface area (Å²) < 4.78 is 5.29. The number of hydrogen-bond acceptors (Lipinski definition) is 5. The van der Waals surface area contributed by atoms with E-state index in [4.69, 9.17) is 14.7 Å². The summed E-state index contributed by atoms with van der Waals surface area (Å²) in [4.78, 5) is 18.4. The summed E-state index contributed by atoms with van der Waals surface area (Å²) >= 11 is 0. The molecule has 2 heterocycles. The highest BCUT2D eigenvalue weighted by Crippen LogP contribution is 2.40. The van der Waals surface area contributed by atoms with Crippen molar-refractivity contribution in [1.82, 2.24) is 0 Å². The predicted octanol–water partition coefficient (Wildman–Crippen LogP) is 5.57. The predicted molar refractivity (Wildman–Crippen MR) is 129 cm³/mol. The number of rotatable bonds is 12. The van der Waals surface area contributed by atoms with Crippen molar-refractivity contribution in [2.24, 2.45) is 5.16 Å². The van der Waals surface area contributed by atoms with Crippen LogP contribution in [0.4, 0.5) is 5.69 Å². The number of hydrogen-bond donors (Lipinski definition) is 1. The summed E-state index contributed by atoms with van der Waals surface area (Å²) in [6.45, 7) is 5.84. The number of fused-ring (bicyclic) bond motifs is 1. The van der Waals surface area contributed by atoms with E-state index in [2.05, 4.69) is 66.4 Å². The molecule has 172 valence electrons. The Hall–Kier alpha value is -2.86. The number of unbranched alkanes of at least 4 members (excludes halogenated alkanes) is 2. The number of anilines is 1. The number of carbonyl (C=O) groups is 1. The molecule has 0 fully saturated rings. The van der Waals surface area contributed by atoms with Crippen molar-refractivity contribution in [2.45, 2.75) is 58.4 Å². The number of allylic oxidation sites excluding steroid dienone is 4. The number of aliphatic carboxylic acids is 1. The SMILES string of the molecule is C/C=C\C=C1\c2ccccc2N(CCCCCC2=NOC(COCCC(=O)O)=CC2)C1C. The van der Waals surface area contributed by atoms with Crippen molar-refractivity contribution < 1.29 is 19.5 Å². The van der Waals surface area contributed by atoms with Gasteiger partial charge in [0.15, 0.2) is 5.76 Å². The quantitative estimate of drug-likeness (QED) is 0.432. The standard InChI is InChI=1S/C26H34N2O4/c1-3-4-11-23-20(2)28(25-13-8-7-12-24(23)25)17-9-5-6-10-21-14-15-22(32-27-21)19-31-18-16-26(29)30/h3-4,7-8,11-13,15,20H,5-6,9-10,14,16-19H2,1-2H3,(H,29,30)/b4-3-,23-11+. The third-order valence-corrected chi connectivity index (χ3v) is 5.84. The minimum Gasteiger partial charge on any atom is -0.481 e. The zero-order valence-electron chi connectivity index (χ0n) is 19.1. The normalized spacial score (nSPS) is 19.1. The highest BCUT2D eigenvalue weighted by Gasteiger charge is 2.29. The van der Waals surface area contributed by atoms with Crippen molar-refractivity contribution in [3.8, 4) is 0 Å². The van der Waals surface area contributed by atoms with Crippen molar-refractivity contribution in [1.29, 1.82) is 0 Å². The van der Waals surface area contributed by atoms with Crippen LogP contribution in [0.2, 0.25) is 0 Å². The zero-order chi connectivity index (χ0) is 22.8. The van der Waals surface area contributed by atoms with Gasteiger partial charge >= 0.3 is 5.97 Å². The summed E-state index contributed by atoms with van der Waals surface area (Å²) in [7, 11) is 0. The number of carboxylic acids is 1. The molecule has 2 aliphatic heterocycles. The third-order valence-electron chi connectivity index (χ3n) is 5.84. The summed E-state index contributed by atoms with van der Waals surface area (Å²) in [5.41, 5.74) is 5.13. The van der Waals surface area contributed by atoms with Crippen LogP contribution in [0.25, 0.3) is 5.57 Å². The number of para-hydroxylation sites is 1.